The van der Waals surface area contributed by atoms with Crippen LogP contribution in [0.3, 0.4) is 0 Å². The van der Waals surface area contributed by atoms with E-state index in [1.54, 1.807) is 27.7 Å². The first kappa shape index (κ1) is 30.9. The van der Waals surface area contributed by atoms with Gasteiger partial charge in [0.15, 0.2) is 11.6 Å². The van der Waals surface area contributed by atoms with Crippen molar-refractivity contribution in [3.63, 3.8) is 0 Å². The minimum absolute atomic E-state index is 0.0571. The van der Waals surface area contributed by atoms with E-state index in [9.17, 15) is 29.4 Å². The van der Waals surface area contributed by atoms with Crippen LogP contribution < -0.4 is 0 Å². The molecular formula is C28H40N2O8. The molecule has 0 unspecified atom stereocenters. The number of aliphatic imine (C=N–C) groups is 2. The summed E-state index contributed by atoms with van der Waals surface area (Å²) < 4.78 is 9.60. The van der Waals surface area contributed by atoms with E-state index < -0.39 is 34.6 Å². The molecule has 0 heterocycles. The Morgan fingerprint density at radius 1 is 0.763 bits per heavy atom. The van der Waals surface area contributed by atoms with E-state index in [1.807, 2.05) is 0 Å². The van der Waals surface area contributed by atoms with Crippen molar-refractivity contribution in [3.8, 4) is 0 Å². The Balaban J connectivity index is 1.83. The number of Topliss-reactive ketones (excluding diaryl/α,β-unsaturated/α-hetero) is 2. The maximum atomic E-state index is 12.5. The highest BCUT2D eigenvalue weighted by Gasteiger charge is 2.47. The lowest BCUT2D eigenvalue weighted by Gasteiger charge is -2.35. The lowest BCUT2D eigenvalue weighted by atomic mass is 9.68. The first-order valence-corrected chi connectivity index (χ1v) is 12.9. The summed E-state index contributed by atoms with van der Waals surface area (Å²) in [5.74, 6) is -4.09. The summed E-state index contributed by atoms with van der Waals surface area (Å²) in [7, 11) is 2.50. The summed E-state index contributed by atoms with van der Waals surface area (Å²) in [5, 5.41) is 21.1. The number of hydrogen-bond donors (Lipinski definition) is 2. The van der Waals surface area contributed by atoms with Crippen molar-refractivity contribution in [2.24, 2.45) is 32.7 Å². The lowest BCUT2D eigenvalue weighted by molar-refractivity contribution is -0.151. The fraction of sp³-hybridized carbons (Fsp3) is 0.643. The molecule has 0 saturated carbocycles. The van der Waals surface area contributed by atoms with Gasteiger partial charge in [-0.3, -0.25) is 29.2 Å². The van der Waals surface area contributed by atoms with Gasteiger partial charge in [-0.15, -0.1) is 0 Å². The lowest BCUT2D eigenvalue weighted by Crippen LogP contribution is -2.40. The van der Waals surface area contributed by atoms with E-state index in [-0.39, 0.29) is 47.1 Å². The molecule has 38 heavy (non-hydrogen) atoms. The number of allylic oxidation sites excluding steroid dienone is 2. The quantitative estimate of drug-likeness (QED) is 0.231. The van der Waals surface area contributed by atoms with Crippen LogP contribution in [0.2, 0.25) is 0 Å². The van der Waals surface area contributed by atoms with Gasteiger partial charge < -0.3 is 19.7 Å². The van der Waals surface area contributed by atoms with Gasteiger partial charge in [0.1, 0.15) is 23.4 Å². The van der Waals surface area contributed by atoms with Crippen LogP contribution >= 0.6 is 0 Å². The molecule has 10 heteroatoms. The van der Waals surface area contributed by atoms with Crippen LogP contribution in [0.25, 0.3) is 0 Å². The molecule has 2 aliphatic carbocycles. The van der Waals surface area contributed by atoms with Gasteiger partial charge in [0.25, 0.3) is 0 Å². The van der Waals surface area contributed by atoms with Gasteiger partial charge in [0.2, 0.25) is 0 Å². The van der Waals surface area contributed by atoms with E-state index in [0.29, 0.717) is 13.1 Å². The summed E-state index contributed by atoms with van der Waals surface area (Å²) in [6.45, 7) is 7.89. The van der Waals surface area contributed by atoms with Crippen molar-refractivity contribution in [1.29, 1.82) is 0 Å². The normalized spacial score (nSPS) is 23.4. The van der Waals surface area contributed by atoms with Crippen LogP contribution in [-0.2, 0) is 28.7 Å². The predicted molar refractivity (Wildman–Crippen MR) is 142 cm³/mol. The van der Waals surface area contributed by atoms with Gasteiger partial charge in [-0.05, 0) is 23.7 Å². The zero-order chi connectivity index (χ0) is 28.7. The Morgan fingerprint density at radius 3 is 1.42 bits per heavy atom. The molecule has 0 aliphatic heterocycles. The molecule has 210 valence electrons. The highest BCUT2D eigenvalue weighted by Crippen LogP contribution is 2.42. The average Bonchev–Trinajstić information content (AvgIpc) is 2.81. The number of carbonyl (C=O) groups is 4. The third kappa shape index (κ3) is 7.17. The number of nitrogens with zero attached hydrogens (tertiary/aromatic N) is 2. The molecule has 2 aliphatic rings. The molecule has 2 atom stereocenters. The molecule has 0 aromatic carbocycles. The van der Waals surface area contributed by atoms with Crippen LogP contribution in [-0.4, -0.2) is 73.5 Å². The van der Waals surface area contributed by atoms with Crippen molar-refractivity contribution in [3.05, 3.63) is 22.7 Å². The van der Waals surface area contributed by atoms with Gasteiger partial charge in [-0.25, -0.2) is 0 Å². The van der Waals surface area contributed by atoms with Crippen LogP contribution in [0.5, 0.6) is 0 Å². The molecule has 0 spiro atoms. The topological polar surface area (TPSA) is 152 Å². The summed E-state index contributed by atoms with van der Waals surface area (Å²) >= 11 is 0. The van der Waals surface area contributed by atoms with Gasteiger partial charge in [-0.1, -0.05) is 40.5 Å². The first-order chi connectivity index (χ1) is 17.8. The largest absolute Gasteiger partial charge is 0.511 e. The van der Waals surface area contributed by atoms with Crippen LogP contribution in [0.15, 0.2) is 32.6 Å². The summed E-state index contributed by atoms with van der Waals surface area (Å²) in [6, 6.07) is 0. The van der Waals surface area contributed by atoms with Crippen LogP contribution in [0, 0.1) is 22.7 Å². The van der Waals surface area contributed by atoms with Crippen LogP contribution in [0.4, 0.5) is 0 Å². The molecule has 2 N–H and O–H groups in total. The van der Waals surface area contributed by atoms with E-state index in [4.69, 9.17) is 9.47 Å². The third-order valence-electron chi connectivity index (χ3n) is 7.13. The highest BCUT2D eigenvalue weighted by atomic mass is 16.5. The first-order valence-electron chi connectivity index (χ1n) is 12.9. The second kappa shape index (κ2) is 13.0. The summed E-state index contributed by atoms with van der Waals surface area (Å²) in [4.78, 5) is 57.7. The number of hydrogen-bond acceptors (Lipinski definition) is 10. The zero-order valence-electron chi connectivity index (χ0n) is 23.2. The Hall–Kier alpha value is -3.30. The second-order valence-corrected chi connectivity index (χ2v) is 11.2. The number of aliphatic hydroxyl groups excluding tert-OH is 2. The fourth-order valence-electron chi connectivity index (χ4n) is 5.00. The number of ether oxygens (including phenoxy) is 2. The molecule has 0 bridgehead atoms. The Labute approximate surface area is 223 Å². The van der Waals surface area contributed by atoms with Crippen molar-refractivity contribution >= 4 is 35.9 Å². The number of ketones is 2. The number of carbonyl (C=O) groups excluding carboxylic acids is 4. The number of methoxy groups -OCH3 is 2. The van der Waals surface area contributed by atoms with E-state index in [1.165, 1.54) is 26.6 Å². The molecule has 0 radical (unpaired) electrons. The van der Waals surface area contributed by atoms with Crippen LogP contribution in [0.1, 0.15) is 66.2 Å². The number of rotatable bonds is 11. The van der Waals surface area contributed by atoms with Gasteiger partial charge in [-0.2, -0.15) is 0 Å². The van der Waals surface area contributed by atoms with Crippen molar-refractivity contribution in [2.45, 2.75) is 66.2 Å². The monoisotopic (exact) mass is 532 g/mol. The van der Waals surface area contributed by atoms with E-state index in [0.717, 1.165) is 25.7 Å². The Bertz CT molecular complexity index is 981. The van der Waals surface area contributed by atoms with E-state index >= 15 is 0 Å². The molecule has 2 rings (SSSR count). The minimum atomic E-state index is -0.911. The average molecular weight is 533 g/mol. The molecule has 0 fully saturated rings. The Morgan fingerprint density at radius 2 is 1.11 bits per heavy atom. The maximum Gasteiger partial charge on any atom is 0.316 e. The molecule has 10 nitrogen and oxygen atoms in total. The Kier molecular flexibility index (Phi) is 10.6. The number of esters is 2. The minimum Gasteiger partial charge on any atom is -0.511 e. The summed E-state index contributed by atoms with van der Waals surface area (Å²) in [5.41, 5.74) is -1.37. The molecular weight excluding hydrogens is 492 g/mol. The third-order valence-corrected chi connectivity index (χ3v) is 7.13. The predicted octanol–water partition coefficient (Wildman–Crippen LogP) is 3.89. The SMILES string of the molecule is COC(=O)[C@@H]1C(O)=C(C=NCCCCCCN=CC2=C(O)[C@H](C(=O)OC)C(C)(C)CC2=O)C(=O)CC1(C)C. The van der Waals surface area contributed by atoms with E-state index in [2.05, 4.69) is 9.98 Å². The molecule has 0 aromatic rings. The van der Waals surface area contributed by atoms with Gasteiger partial charge >= 0.3 is 11.9 Å². The standard InChI is InChI=1S/C28H40N2O8/c1-27(2)13-19(31)17(23(33)21(27)25(35)37-5)15-29-11-9-7-8-10-12-30-16-18-20(32)14-28(3,4)22(24(18)34)26(36)38-6/h15-16,21-22,33-34H,7-14H2,1-6H3/t21-,22+. The van der Waals surface area contributed by atoms with Crippen molar-refractivity contribution < 1.29 is 38.9 Å². The summed E-state index contributed by atoms with van der Waals surface area (Å²) in [6.07, 6.45) is 6.14. The molecule has 0 saturated heterocycles. The maximum absolute atomic E-state index is 12.5. The highest BCUT2D eigenvalue weighted by molar-refractivity contribution is 6.16. The second-order valence-electron chi connectivity index (χ2n) is 11.2. The number of unbranched alkanes of at least 4 members (excludes halogenated alkanes) is 3. The van der Waals surface area contributed by atoms with Crippen molar-refractivity contribution in [1.82, 2.24) is 0 Å². The van der Waals surface area contributed by atoms with Gasteiger partial charge in [0.05, 0.1) is 25.4 Å². The molecule has 0 amide bonds. The smallest absolute Gasteiger partial charge is 0.316 e. The van der Waals surface area contributed by atoms with Crippen molar-refractivity contribution in [2.75, 3.05) is 27.3 Å². The van der Waals surface area contributed by atoms with Gasteiger partial charge in [0, 0.05) is 38.4 Å². The number of aliphatic hydroxyl groups is 2. The molecule has 0 aromatic heterocycles. The zero-order valence-corrected chi connectivity index (χ0v) is 23.2. The fourth-order valence-corrected chi connectivity index (χ4v) is 5.00.